The molecule has 3 rings (SSSR count). The Morgan fingerprint density at radius 1 is 0.923 bits per heavy atom. The lowest BCUT2D eigenvalue weighted by Gasteiger charge is -2.25. The highest BCUT2D eigenvalue weighted by Crippen LogP contribution is 2.43. The smallest absolute Gasteiger partial charge is 0.173 e. The van der Waals surface area contributed by atoms with E-state index in [1.165, 1.54) is 12.1 Å². The minimum Gasteiger partial charge on any atom is -0.292 e. The Hall–Kier alpha value is -2.28. The number of benzene rings is 2. The van der Waals surface area contributed by atoms with Crippen LogP contribution in [-0.2, 0) is 4.75 Å². The summed E-state index contributed by atoms with van der Waals surface area (Å²) in [6, 6.07) is 7.49. The second-order valence-corrected chi connectivity index (χ2v) is 7.91. The molecular weight excluding hydrogens is 364 g/mol. The molecule has 136 valence electrons. The van der Waals surface area contributed by atoms with Gasteiger partial charge in [0.25, 0.3) is 0 Å². The lowest BCUT2D eigenvalue weighted by atomic mass is 10.0. The second kappa shape index (κ2) is 6.79. The third-order valence-electron chi connectivity index (χ3n) is 3.98. The van der Waals surface area contributed by atoms with Crippen LogP contribution < -0.4 is 0 Å². The molecule has 0 amide bonds. The van der Waals surface area contributed by atoms with Crippen molar-refractivity contribution in [2.24, 2.45) is 0 Å². The normalized spacial score (nSPS) is 11.8. The van der Waals surface area contributed by atoms with Crippen LogP contribution in [0, 0.1) is 30.2 Å². The van der Waals surface area contributed by atoms with E-state index in [-0.39, 0.29) is 11.4 Å². The van der Waals surface area contributed by atoms with Crippen molar-refractivity contribution in [1.82, 2.24) is 9.55 Å². The summed E-state index contributed by atoms with van der Waals surface area (Å²) in [6.07, 6.45) is 1.61. The molecule has 0 aliphatic rings. The standard InChI is InChI=1S/C19H16F4N2S/c1-11-10-24-18(25(11)13-6-4-12(20)5-7-13)26-19(2,3)16-14(21)8-9-15(22)17(16)23/h4-10H,1-3H3. The van der Waals surface area contributed by atoms with Crippen molar-refractivity contribution in [3.05, 3.63) is 77.1 Å². The minimum atomic E-state index is -1.21. The van der Waals surface area contributed by atoms with E-state index < -0.39 is 22.2 Å². The Labute approximate surface area is 152 Å². The fraction of sp³-hybridized carbons (Fsp3) is 0.211. The molecule has 0 atom stereocenters. The number of imidazole rings is 1. The van der Waals surface area contributed by atoms with Gasteiger partial charge in [0, 0.05) is 27.9 Å². The molecule has 1 aromatic heterocycles. The summed E-state index contributed by atoms with van der Waals surface area (Å²) in [7, 11) is 0. The van der Waals surface area contributed by atoms with E-state index in [4.69, 9.17) is 0 Å². The van der Waals surface area contributed by atoms with Crippen LogP contribution in [-0.4, -0.2) is 9.55 Å². The average molecular weight is 380 g/mol. The fourth-order valence-electron chi connectivity index (χ4n) is 2.75. The third-order valence-corrected chi connectivity index (χ3v) is 5.17. The minimum absolute atomic E-state index is 0.353. The number of hydrogen-bond acceptors (Lipinski definition) is 2. The van der Waals surface area contributed by atoms with Gasteiger partial charge in [-0.25, -0.2) is 22.5 Å². The van der Waals surface area contributed by atoms with Gasteiger partial charge in [-0.2, -0.15) is 0 Å². The molecule has 0 aliphatic heterocycles. The molecule has 26 heavy (non-hydrogen) atoms. The number of aryl methyl sites for hydroxylation is 1. The van der Waals surface area contributed by atoms with E-state index in [0.717, 1.165) is 29.6 Å². The third kappa shape index (κ3) is 3.35. The van der Waals surface area contributed by atoms with Gasteiger partial charge in [0.2, 0.25) is 0 Å². The topological polar surface area (TPSA) is 17.8 Å². The summed E-state index contributed by atoms with van der Waals surface area (Å²) < 4.78 is 55.9. The first kappa shape index (κ1) is 18.5. The zero-order chi connectivity index (χ0) is 19.1. The number of thioether (sulfide) groups is 1. The Bertz CT molecular complexity index is 949. The number of rotatable bonds is 4. The maximum Gasteiger partial charge on any atom is 0.173 e. The molecule has 0 unspecified atom stereocenters. The van der Waals surface area contributed by atoms with Gasteiger partial charge in [-0.3, -0.25) is 4.57 Å². The predicted octanol–water partition coefficient (Wildman–Crippen LogP) is 5.76. The lowest BCUT2D eigenvalue weighted by Crippen LogP contribution is -2.19. The first-order valence-corrected chi connectivity index (χ1v) is 8.65. The fourth-order valence-corrected chi connectivity index (χ4v) is 3.94. The van der Waals surface area contributed by atoms with Gasteiger partial charge in [0.1, 0.15) is 11.6 Å². The molecule has 7 heteroatoms. The highest BCUT2D eigenvalue weighted by atomic mass is 32.2. The molecule has 0 spiro atoms. The lowest BCUT2D eigenvalue weighted by molar-refractivity contribution is 0.465. The number of halogens is 4. The highest BCUT2D eigenvalue weighted by molar-refractivity contribution is 8.00. The van der Waals surface area contributed by atoms with E-state index in [0.29, 0.717) is 10.8 Å². The van der Waals surface area contributed by atoms with E-state index in [1.54, 1.807) is 36.7 Å². The summed E-state index contributed by atoms with van der Waals surface area (Å²) >= 11 is 1.09. The largest absolute Gasteiger partial charge is 0.292 e. The van der Waals surface area contributed by atoms with Crippen molar-refractivity contribution >= 4 is 11.8 Å². The highest BCUT2D eigenvalue weighted by Gasteiger charge is 2.32. The van der Waals surface area contributed by atoms with Crippen LogP contribution in [0.15, 0.2) is 47.8 Å². The van der Waals surface area contributed by atoms with Crippen molar-refractivity contribution < 1.29 is 17.6 Å². The van der Waals surface area contributed by atoms with Crippen molar-refractivity contribution in [1.29, 1.82) is 0 Å². The number of aromatic nitrogens is 2. The molecule has 2 aromatic carbocycles. The Balaban J connectivity index is 2.05. The number of hydrogen-bond donors (Lipinski definition) is 0. The zero-order valence-corrected chi connectivity index (χ0v) is 15.2. The van der Waals surface area contributed by atoms with Gasteiger partial charge >= 0.3 is 0 Å². The van der Waals surface area contributed by atoms with Gasteiger partial charge in [0.15, 0.2) is 16.8 Å². The number of nitrogens with zero attached hydrogens (tertiary/aromatic N) is 2. The van der Waals surface area contributed by atoms with Crippen LogP contribution in [0.5, 0.6) is 0 Å². The summed E-state index contributed by atoms with van der Waals surface area (Å²) in [4.78, 5) is 4.30. The maximum absolute atomic E-state index is 14.2. The van der Waals surface area contributed by atoms with Gasteiger partial charge in [-0.15, -0.1) is 0 Å². The molecule has 0 fully saturated rings. The van der Waals surface area contributed by atoms with E-state index in [2.05, 4.69) is 4.98 Å². The van der Waals surface area contributed by atoms with Gasteiger partial charge in [0.05, 0.1) is 0 Å². The Morgan fingerprint density at radius 2 is 1.54 bits per heavy atom. The maximum atomic E-state index is 14.2. The Morgan fingerprint density at radius 3 is 2.19 bits per heavy atom. The summed E-state index contributed by atoms with van der Waals surface area (Å²) in [6.45, 7) is 5.01. The second-order valence-electron chi connectivity index (χ2n) is 6.32. The van der Waals surface area contributed by atoms with Crippen molar-refractivity contribution in [3.63, 3.8) is 0 Å². The summed E-state index contributed by atoms with van der Waals surface area (Å²) in [5, 5.41) is 0.460. The molecule has 0 bridgehead atoms. The van der Waals surface area contributed by atoms with Crippen molar-refractivity contribution in [2.75, 3.05) is 0 Å². The summed E-state index contributed by atoms with van der Waals surface area (Å²) in [5.74, 6) is -3.50. The monoisotopic (exact) mass is 380 g/mol. The molecular formula is C19H16F4N2S. The first-order chi connectivity index (χ1) is 12.2. The molecule has 0 saturated heterocycles. The molecule has 0 radical (unpaired) electrons. The molecule has 2 nitrogen and oxygen atoms in total. The molecule has 1 heterocycles. The van der Waals surface area contributed by atoms with Gasteiger partial charge in [-0.05, 0) is 57.2 Å². The summed E-state index contributed by atoms with van der Waals surface area (Å²) in [5.41, 5.74) is 1.09. The van der Waals surface area contributed by atoms with Crippen LogP contribution in [0.25, 0.3) is 5.69 Å². The first-order valence-electron chi connectivity index (χ1n) is 7.84. The quantitative estimate of drug-likeness (QED) is 0.325. The van der Waals surface area contributed by atoms with E-state index in [9.17, 15) is 17.6 Å². The van der Waals surface area contributed by atoms with Crippen LogP contribution >= 0.6 is 11.8 Å². The SMILES string of the molecule is Cc1cnc(SC(C)(C)c2c(F)ccc(F)c2F)n1-c1ccc(F)cc1. The molecule has 3 aromatic rings. The van der Waals surface area contributed by atoms with E-state index >= 15 is 0 Å². The van der Waals surface area contributed by atoms with Crippen LogP contribution in [0.2, 0.25) is 0 Å². The van der Waals surface area contributed by atoms with Crippen molar-refractivity contribution in [3.8, 4) is 5.69 Å². The average Bonchev–Trinajstić information content (AvgIpc) is 2.92. The predicted molar refractivity (Wildman–Crippen MR) is 93.5 cm³/mol. The van der Waals surface area contributed by atoms with Crippen molar-refractivity contribution in [2.45, 2.75) is 30.7 Å². The van der Waals surface area contributed by atoms with Crippen LogP contribution in [0.4, 0.5) is 17.6 Å². The van der Waals surface area contributed by atoms with E-state index in [1.807, 2.05) is 6.92 Å². The van der Waals surface area contributed by atoms with Gasteiger partial charge < -0.3 is 0 Å². The molecule has 0 aliphatic carbocycles. The molecule has 0 saturated carbocycles. The van der Waals surface area contributed by atoms with Gasteiger partial charge in [-0.1, -0.05) is 11.8 Å². The molecule has 0 N–H and O–H groups in total. The van der Waals surface area contributed by atoms with Crippen LogP contribution in [0.3, 0.4) is 0 Å². The zero-order valence-electron chi connectivity index (χ0n) is 14.4. The Kier molecular flexibility index (Phi) is 4.84. The van der Waals surface area contributed by atoms with Crippen LogP contribution in [0.1, 0.15) is 25.1 Å².